The molecule has 0 fully saturated rings. The largest absolute Gasteiger partial charge is 0.483 e. The zero-order valence-electron chi connectivity index (χ0n) is 13.4. The molecule has 0 spiro atoms. The van der Waals surface area contributed by atoms with Crippen molar-refractivity contribution in [3.63, 3.8) is 0 Å². The summed E-state index contributed by atoms with van der Waals surface area (Å²) in [6.07, 6.45) is -1.50. The van der Waals surface area contributed by atoms with E-state index < -0.39 is 29.1 Å². The fourth-order valence-electron chi connectivity index (χ4n) is 2.23. The lowest BCUT2D eigenvalue weighted by Crippen LogP contribution is -2.20. The van der Waals surface area contributed by atoms with Gasteiger partial charge in [-0.1, -0.05) is 17.7 Å². The van der Waals surface area contributed by atoms with E-state index in [0.717, 1.165) is 0 Å². The van der Waals surface area contributed by atoms with Gasteiger partial charge >= 0.3 is 6.18 Å². The average Bonchev–Trinajstić information content (AvgIpc) is 2.49. The minimum Gasteiger partial charge on any atom is -0.483 e. The van der Waals surface area contributed by atoms with Gasteiger partial charge in [-0.15, -0.1) is 0 Å². The Bertz CT molecular complexity index is 838. The van der Waals surface area contributed by atoms with E-state index in [1.54, 1.807) is 12.1 Å². The minimum atomic E-state index is -4.48. The Morgan fingerprint density at radius 3 is 2.52 bits per heavy atom. The minimum absolute atomic E-state index is 0.00215. The van der Waals surface area contributed by atoms with Crippen LogP contribution < -0.4 is 10.3 Å². The molecule has 0 aliphatic heterocycles. The summed E-state index contributed by atoms with van der Waals surface area (Å²) in [6, 6.07) is 5.90. The van der Waals surface area contributed by atoms with Crippen molar-refractivity contribution in [2.24, 2.45) is 7.05 Å². The van der Waals surface area contributed by atoms with Crippen LogP contribution in [0.2, 0.25) is 5.02 Å². The normalized spacial score (nSPS) is 12.9. The molecule has 136 valence electrons. The summed E-state index contributed by atoms with van der Waals surface area (Å²) in [5, 5.41) is -0.0637. The van der Waals surface area contributed by atoms with E-state index in [4.69, 9.17) is 16.3 Å². The van der Waals surface area contributed by atoms with Crippen LogP contribution in [-0.2, 0) is 23.6 Å². The summed E-state index contributed by atoms with van der Waals surface area (Å²) < 4.78 is 55.0. The predicted octanol–water partition coefficient (Wildman–Crippen LogP) is 3.53. The number of pyridine rings is 1. The molecule has 2 aromatic rings. The van der Waals surface area contributed by atoms with Crippen molar-refractivity contribution in [3.05, 3.63) is 51.4 Å². The number of ether oxygens (including phenoxy) is 1. The molecule has 4 nitrogen and oxygen atoms in total. The van der Waals surface area contributed by atoms with E-state index in [0.29, 0.717) is 16.7 Å². The van der Waals surface area contributed by atoms with Crippen molar-refractivity contribution < 1.29 is 22.1 Å². The van der Waals surface area contributed by atoms with Crippen LogP contribution in [0.5, 0.6) is 5.75 Å². The molecule has 0 aliphatic rings. The Kier molecular flexibility index (Phi) is 5.95. The molecule has 1 unspecified atom stereocenters. The van der Waals surface area contributed by atoms with E-state index in [9.17, 15) is 22.2 Å². The zero-order valence-corrected chi connectivity index (χ0v) is 15.0. The number of hydrogen-bond acceptors (Lipinski definition) is 3. The first kappa shape index (κ1) is 19.5. The van der Waals surface area contributed by atoms with Gasteiger partial charge in [0.25, 0.3) is 5.56 Å². The van der Waals surface area contributed by atoms with Crippen molar-refractivity contribution in [2.75, 3.05) is 12.9 Å². The highest BCUT2D eigenvalue weighted by Crippen LogP contribution is 2.33. The summed E-state index contributed by atoms with van der Waals surface area (Å²) >= 11 is 5.89. The lowest BCUT2D eigenvalue weighted by molar-refractivity contribution is -0.153. The Hall–Kier alpha value is -1.80. The monoisotopic (exact) mass is 393 g/mol. The van der Waals surface area contributed by atoms with Crippen molar-refractivity contribution in [2.45, 2.75) is 11.9 Å². The van der Waals surface area contributed by atoms with Gasteiger partial charge in [0.15, 0.2) is 6.61 Å². The molecular formula is C16H15ClF3NO3S. The third-order valence-electron chi connectivity index (χ3n) is 3.26. The molecule has 0 N–H and O–H groups in total. The average molecular weight is 394 g/mol. The molecule has 0 saturated heterocycles. The van der Waals surface area contributed by atoms with Gasteiger partial charge in [0.05, 0.1) is 0 Å². The Morgan fingerprint density at radius 1 is 1.28 bits per heavy atom. The number of aromatic nitrogens is 1. The van der Waals surface area contributed by atoms with Crippen LogP contribution in [0.4, 0.5) is 13.2 Å². The third-order valence-corrected chi connectivity index (χ3v) is 4.27. The highest BCUT2D eigenvalue weighted by Gasteiger charge is 2.29. The van der Waals surface area contributed by atoms with E-state index in [-0.39, 0.29) is 16.5 Å². The number of rotatable bonds is 5. The standard InChI is InChI=1S/C16H15ClF3NO3S/c1-21-7-11(6-13(17)15(21)22)12-5-10(8-25(2)23)3-4-14(12)24-9-16(18,19)20/h3-7H,8-9H2,1-2H3. The van der Waals surface area contributed by atoms with Crippen LogP contribution >= 0.6 is 11.6 Å². The molecule has 0 radical (unpaired) electrons. The van der Waals surface area contributed by atoms with Crippen LogP contribution in [0, 0.1) is 0 Å². The van der Waals surface area contributed by atoms with Gasteiger partial charge in [0, 0.05) is 47.2 Å². The smallest absolute Gasteiger partial charge is 0.422 e. The number of aryl methyl sites for hydroxylation is 1. The fraction of sp³-hybridized carbons (Fsp3) is 0.312. The molecule has 0 aliphatic carbocycles. The van der Waals surface area contributed by atoms with Crippen molar-refractivity contribution in [1.82, 2.24) is 4.57 Å². The molecular weight excluding hydrogens is 379 g/mol. The topological polar surface area (TPSA) is 48.3 Å². The first-order valence-electron chi connectivity index (χ1n) is 7.06. The summed E-state index contributed by atoms with van der Waals surface area (Å²) in [4.78, 5) is 11.7. The number of benzene rings is 1. The van der Waals surface area contributed by atoms with E-state index in [2.05, 4.69) is 0 Å². The van der Waals surface area contributed by atoms with Gasteiger partial charge in [-0.05, 0) is 23.8 Å². The molecule has 25 heavy (non-hydrogen) atoms. The number of halogens is 4. The van der Waals surface area contributed by atoms with Crippen LogP contribution in [0.1, 0.15) is 5.56 Å². The quantitative estimate of drug-likeness (QED) is 0.780. The summed E-state index contributed by atoms with van der Waals surface area (Å²) in [5.41, 5.74) is 1.01. The highest BCUT2D eigenvalue weighted by atomic mass is 35.5. The molecule has 0 amide bonds. The van der Waals surface area contributed by atoms with Crippen molar-refractivity contribution >= 4 is 22.4 Å². The van der Waals surface area contributed by atoms with E-state index in [1.165, 1.54) is 36.2 Å². The van der Waals surface area contributed by atoms with Crippen molar-refractivity contribution in [1.29, 1.82) is 0 Å². The van der Waals surface area contributed by atoms with Gasteiger partial charge < -0.3 is 9.30 Å². The fourth-order valence-corrected chi connectivity index (χ4v) is 3.13. The van der Waals surface area contributed by atoms with Crippen LogP contribution in [-0.4, -0.2) is 27.8 Å². The first-order valence-corrected chi connectivity index (χ1v) is 9.16. The Morgan fingerprint density at radius 2 is 1.96 bits per heavy atom. The van der Waals surface area contributed by atoms with Gasteiger partial charge in [-0.3, -0.25) is 9.00 Å². The maximum atomic E-state index is 12.5. The SMILES string of the molecule is Cn1cc(-c2cc(CS(C)=O)ccc2OCC(F)(F)F)cc(Cl)c1=O. The molecule has 9 heteroatoms. The Labute approximate surface area is 149 Å². The third kappa shape index (κ3) is 5.34. The lowest BCUT2D eigenvalue weighted by atomic mass is 10.0. The van der Waals surface area contributed by atoms with Crippen LogP contribution in [0.15, 0.2) is 35.3 Å². The Balaban J connectivity index is 2.54. The maximum absolute atomic E-state index is 12.5. The van der Waals surface area contributed by atoms with Gasteiger partial charge in [0.2, 0.25) is 0 Å². The molecule has 1 heterocycles. The summed E-state index contributed by atoms with van der Waals surface area (Å²) in [7, 11) is 0.365. The maximum Gasteiger partial charge on any atom is 0.422 e. The molecule has 2 rings (SSSR count). The second-order valence-corrected chi connectivity index (χ2v) is 7.29. The van der Waals surface area contributed by atoms with Crippen molar-refractivity contribution in [3.8, 4) is 16.9 Å². The van der Waals surface area contributed by atoms with E-state index in [1.807, 2.05) is 0 Å². The molecule has 1 aromatic heterocycles. The summed E-state index contributed by atoms with van der Waals surface area (Å²) in [6.45, 7) is -1.45. The number of hydrogen-bond donors (Lipinski definition) is 0. The van der Waals surface area contributed by atoms with Crippen LogP contribution in [0.3, 0.4) is 0 Å². The molecule has 1 aromatic carbocycles. The number of nitrogens with zero attached hydrogens (tertiary/aromatic N) is 1. The van der Waals surface area contributed by atoms with Gasteiger partial charge in [0.1, 0.15) is 10.8 Å². The summed E-state index contributed by atoms with van der Waals surface area (Å²) in [5.74, 6) is 0.240. The second-order valence-electron chi connectivity index (χ2n) is 5.44. The van der Waals surface area contributed by atoms with Gasteiger partial charge in [-0.2, -0.15) is 13.2 Å². The molecule has 0 bridgehead atoms. The molecule has 1 atom stereocenters. The second kappa shape index (κ2) is 7.61. The van der Waals surface area contributed by atoms with Crippen LogP contribution in [0.25, 0.3) is 11.1 Å². The molecule has 0 saturated carbocycles. The predicted molar refractivity (Wildman–Crippen MR) is 91.4 cm³/mol. The number of alkyl halides is 3. The highest BCUT2D eigenvalue weighted by molar-refractivity contribution is 7.83. The lowest BCUT2D eigenvalue weighted by Gasteiger charge is -2.15. The van der Waals surface area contributed by atoms with Gasteiger partial charge in [-0.25, -0.2) is 0 Å². The van der Waals surface area contributed by atoms with E-state index >= 15 is 0 Å². The first-order chi connectivity index (χ1) is 11.6. The zero-order chi connectivity index (χ0) is 18.8.